The predicted octanol–water partition coefficient (Wildman–Crippen LogP) is 0.899. The Labute approximate surface area is 138 Å². The Hall–Kier alpha value is -2.90. The average molecular weight is 338 g/mol. The van der Waals surface area contributed by atoms with Crippen molar-refractivity contribution in [3.8, 4) is 0 Å². The van der Waals surface area contributed by atoms with Crippen LogP contribution in [0, 0.1) is 0 Å². The fourth-order valence-corrected chi connectivity index (χ4v) is 1.54. The van der Waals surface area contributed by atoms with E-state index in [0.29, 0.717) is 11.1 Å². The van der Waals surface area contributed by atoms with Crippen LogP contribution in [0.5, 0.6) is 0 Å². The highest BCUT2D eigenvalue weighted by molar-refractivity contribution is 5.91. The molecule has 0 saturated heterocycles. The van der Waals surface area contributed by atoms with Crippen LogP contribution >= 0.6 is 0 Å². The third kappa shape index (κ3) is 7.39. The van der Waals surface area contributed by atoms with Gasteiger partial charge in [-0.25, -0.2) is 0 Å². The van der Waals surface area contributed by atoms with Gasteiger partial charge in [0.25, 0.3) is 0 Å². The third-order valence-corrected chi connectivity index (χ3v) is 2.86. The second-order valence-corrected chi connectivity index (χ2v) is 4.64. The molecule has 0 unspecified atom stereocenters. The summed E-state index contributed by atoms with van der Waals surface area (Å²) in [4.78, 5) is 44.4. The quantitative estimate of drug-likeness (QED) is 0.391. The van der Waals surface area contributed by atoms with Crippen molar-refractivity contribution < 1.29 is 38.1 Å². The summed E-state index contributed by atoms with van der Waals surface area (Å²) in [5.74, 6) is -2.68. The van der Waals surface area contributed by atoms with Crippen LogP contribution in [0.1, 0.15) is 24.0 Å². The first-order chi connectivity index (χ1) is 11.4. The highest BCUT2D eigenvalue weighted by Crippen LogP contribution is 2.08. The smallest absolute Gasteiger partial charge is 0.317 e. The highest BCUT2D eigenvalue weighted by Gasteiger charge is 2.12. The van der Waals surface area contributed by atoms with E-state index in [-0.39, 0.29) is 13.2 Å². The van der Waals surface area contributed by atoms with E-state index in [4.69, 9.17) is 9.47 Å². The van der Waals surface area contributed by atoms with Crippen molar-refractivity contribution in [3.63, 3.8) is 0 Å². The molecule has 0 amide bonds. The Morgan fingerprint density at radius 3 is 1.29 bits per heavy atom. The molecule has 1 aromatic carbocycles. The van der Waals surface area contributed by atoms with Crippen molar-refractivity contribution in [1.82, 2.24) is 0 Å². The van der Waals surface area contributed by atoms with Gasteiger partial charge in [0.15, 0.2) is 0 Å². The number of benzene rings is 1. The van der Waals surface area contributed by atoms with Crippen LogP contribution in [0.25, 0.3) is 0 Å². The first-order valence-corrected chi connectivity index (χ1v) is 6.97. The summed E-state index contributed by atoms with van der Waals surface area (Å²) in [5, 5.41) is 0. The number of esters is 4. The molecule has 8 nitrogen and oxygen atoms in total. The molecule has 0 spiro atoms. The van der Waals surface area contributed by atoms with Gasteiger partial charge in [0, 0.05) is 0 Å². The molecule has 1 rings (SSSR count). The van der Waals surface area contributed by atoms with Crippen LogP contribution in [-0.4, -0.2) is 38.1 Å². The van der Waals surface area contributed by atoms with Crippen molar-refractivity contribution in [2.75, 3.05) is 14.2 Å². The van der Waals surface area contributed by atoms with E-state index in [1.54, 1.807) is 24.3 Å². The normalized spacial score (nSPS) is 9.75. The minimum absolute atomic E-state index is 0.0121. The zero-order valence-corrected chi connectivity index (χ0v) is 13.4. The Morgan fingerprint density at radius 1 is 0.667 bits per heavy atom. The summed E-state index contributed by atoms with van der Waals surface area (Å²) in [6.07, 6.45) is -0.880. The van der Waals surface area contributed by atoms with Gasteiger partial charge in [-0.05, 0) is 11.1 Å². The van der Waals surface area contributed by atoms with Crippen LogP contribution in [0.4, 0.5) is 0 Å². The fraction of sp³-hybridized carbons (Fsp3) is 0.375. The van der Waals surface area contributed by atoms with Crippen molar-refractivity contribution in [2.45, 2.75) is 26.1 Å². The number of rotatable bonds is 8. The molecule has 24 heavy (non-hydrogen) atoms. The largest absolute Gasteiger partial charge is 0.469 e. The Bertz CT molecular complexity index is 538. The van der Waals surface area contributed by atoms with Gasteiger partial charge >= 0.3 is 23.9 Å². The number of hydrogen-bond acceptors (Lipinski definition) is 8. The fourth-order valence-electron chi connectivity index (χ4n) is 1.54. The Kier molecular flexibility index (Phi) is 7.97. The van der Waals surface area contributed by atoms with E-state index in [1.165, 1.54) is 14.2 Å². The van der Waals surface area contributed by atoms with Crippen LogP contribution in [0.2, 0.25) is 0 Å². The Morgan fingerprint density at radius 2 is 1.00 bits per heavy atom. The maximum Gasteiger partial charge on any atom is 0.317 e. The topological polar surface area (TPSA) is 105 Å². The van der Waals surface area contributed by atoms with E-state index >= 15 is 0 Å². The van der Waals surface area contributed by atoms with Gasteiger partial charge < -0.3 is 18.9 Å². The molecule has 130 valence electrons. The van der Waals surface area contributed by atoms with Gasteiger partial charge in [-0.2, -0.15) is 0 Å². The first-order valence-electron chi connectivity index (χ1n) is 6.97. The van der Waals surface area contributed by atoms with Gasteiger partial charge in [0.05, 0.1) is 14.2 Å². The third-order valence-electron chi connectivity index (χ3n) is 2.86. The van der Waals surface area contributed by atoms with Crippen molar-refractivity contribution in [2.24, 2.45) is 0 Å². The standard InChI is InChI=1S/C16H18O8/c1-21-13(17)7-15(19)23-9-11-3-5-12(6-4-11)10-24-16(20)8-14(18)22-2/h3-6H,7-10H2,1-2H3. The molecule has 8 heteroatoms. The molecule has 0 heterocycles. The van der Waals surface area contributed by atoms with E-state index in [0.717, 1.165) is 0 Å². The van der Waals surface area contributed by atoms with Crippen molar-refractivity contribution in [3.05, 3.63) is 35.4 Å². The lowest BCUT2D eigenvalue weighted by Crippen LogP contribution is -2.12. The molecule has 0 aromatic heterocycles. The minimum atomic E-state index is -0.678. The average Bonchev–Trinajstić information content (AvgIpc) is 2.58. The summed E-state index contributed by atoms with van der Waals surface area (Å²) in [5.41, 5.74) is 1.41. The first kappa shape index (κ1) is 19.1. The zero-order valence-electron chi connectivity index (χ0n) is 13.4. The number of carbonyl (C=O) groups is 4. The molecule has 0 aliphatic heterocycles. The second kappa shape index (κ2) is 9.98. The molecule has 0 atom stereocenters. The molecule has 0 saturated carbocycles. The van der Waals surface area contributed by atoms with Gasteiger partial charge in [0.1, 0.15) is 26.1 Å². The predicted molar refractivity (Wildman–Crippen MR) is 79.3 cm³/mol. The lowest BCUT2D eigenvalue weighted by atomic mass is 10.1. The lowest BCUT2D eigenvalue weighted by Gasteiger charge is -2.07. The van der Waals surface area contributed by atoms with Gasteiger partial charge in [-0.15, -0.1) is 0 Å². The van der Waals surface area contributed by atoms with Gasteiger partial charge in [0.2, 0.25) is 0 Å². The molecular weight excluding hydrogens is 320 g/mol. The van der Waals surface area contributed by atoms with Crippen molar-refractivity contribution >= 4 is 23.9 Å². The maximum absolute atomic E-state index is 11.3. The second-order valence-electron chi connectivity index (χ2n) is 4.64. The molecular formula is C16H18O8. The molecule has 0 radical (unpaired) electrons. The number of methoxy groups -OCH3 is 2. The van der Waals surface area contributed by atoms with Crippen LogP contribution in [0.15, 0.2) is 24.3 Å². The van der Waals surface area contributed by atoms with E-state index in [2.05, 4.69) is 9.47 Å². The van der Waals surface area contributed by atoms with Crippen LogP contribution in [0.3, 0.4) is 0 Å². The number of carbonyl (C=O) groups excluding carboxylic acids is 4. The van der Waals surface area contributed by atoms with Gasteiger partial charge in [-0.3, -0.25) is 19.2 Å². The molecule has 0 fully saturated rings. The number of ether oxygens (including phenoxy) is 4. The molecule has 0 bridgehead atoms. The van der Waals surface area contributed by atoms with E-state index in [1.807, 2.05) is 0 Å². The summed E-state index contributed by atoms with van der Waals surface area (Å²) in [6.45, 7) is 0.0243. The highest BCUT2D eigenvalue weighted by atomic mass is 16.6. The molecule has 1 aromatic rings. The molecule has 0 N–H and O–H groups in total. The van der Waals surface area contributed by atoms with Crippen molar-refractivity contribution in [1.29, 1.82) is 0 Å². The van der Waals surface area contributed by atoms with E-state index < -0.39 is 36.7 Å². The summed E-state index contributed by atoms with van der Waals surface area (Å²) >= 11 is 0. The van der Waals surface area contributed by atoms with Gasteiger partial charge in [-0.1, -0.05) is 24.3 Å². The lowest BCUT2D eigenvalue weighted by molar-refractivity contribution is -0.155. The number of hydrogen-bond donors (Lipinski definition) is 0. The monoisotopic (exact) mass is 338 g/mol. The Balaban J connectivity index is 2.37. The SMILES string of the molecule is COC(=O)CC(=O)OCc1ccc(COC(=O)CC(=O)OC)cc1. The summed E-state index contributed by atoms with van der Waals surface area (Å²) in [6, 6.07) is 6.76. The van der Waals surface area contributed by atoms with Crippen LogP contribution < -0.4 is 0 Å². The van der Waals surface area contributed by atoms with Crippen LogP contribution in [-0.2, 0) is 51.3 Å². The summed E-state index contributed by atoms with van der Waals surface area (Å²) < 4.78 is 18.5. The molecule has 0 aliphatic carbocycles. The minimum Gasteiger partial charge on any atom is -0.469 e. The zero-order chi connectivity index (χ0) is 17.9. The molecule has 0 aliphatic rings. The van der Waals surface area contributed by atoms with E-state index in [9.17, 15) is 19.2 Å². The summed E-state index contributed by atoms with van der Waals surface area (Å²) in [7, 11) is 2.37. The maximum atomic E-state index is 11.3.